The molecule has 1 atom stereocenters. The first-order valence-corrected chi connectivity index (χ1v) is 8.62. The number of methoxy groups -OCH3 is 3. The maximum Gasteiger partial charge on any atom is 0.252 e. The van der Waals surface area contributed by atoms with Crippen molar-refractivity contribution in [2.45, 2.75) is 26.4 Å². The van der Waals surface area contributed by atoms with Crippen molar-refractivity contribution < 1.29 is 18.6 Å². The summed E-state index contributed by atoms with van der Waals surface area (Å²) >= 11 is 0. The van der Waals surface area contributed by atoms with E-state index in [0.29, 0.717) is 47.6 Å². The second kappa shape index (κ2) is 8.22. The Labute approximate surface area is 158 Å². The van der Waals surface area contributed by atoms with Crippen LogP contribution < -0.4 is 14.4 Å². The van der Waals surface area contributed by atoms with Gasteiger partial charge in [-0.25, -0.2) is 9.97 Å². The minimum Gasteiger partial charge on any atom is -0.493 e. The fourth-order valence-corrected chi connectivity index (χ4v) is 3.00. The number of benzene rings is 1. The van der Waals surface area contributed by atoms with E-state index in [0.717, 1.165) is 5.56 Å². The highest BCUT2D eigenvalue weighted by Crippen LogP contribution is 2.30. The Kier molecular flexibility index (Phi) is 5.75. The zero-order chi connectivity index (χ0) is 19.4. The molecule has 2 heterocycles. The number of anilines is 1. The Morgan fingerprint density at radius 2 is 1.89 bits per heavy atom. The van der Waals surface area contributed by atoms with Gasteiger partial charge >= 0.3 is 0 Å². The first kappa shape index (κ1) is 18.9. The zero-order valence-electron chi connectivity index (χ0n) is 16.2. The molecular formula is C19H24N4O4. The van der Waals surface area contributed by atoms with Gasteiger partial charge in [-0.1, -0.05) is 6.07 Å². The maximum absolute atomic E-state index is 5.56. The molecule has 1 unspecified atom stereocenters. The molecule has 8 heteroatoms. The predicted molar refractivity (Wildman–Crippen MR) is 101 cm³/mol. The van der Waals surface area contributed by atoms with Crippen molar-refractivity contribution in [1.29, 1.82) is 0 Å². The number of aromatic nitrogens is 3. The van der Waals surface area contributed by atoms with Crippen LogP contribution in [0, 0.1) is 6.92 Å². The molecule has 0 saturated heterocycles. The van der Waals surface area contributed by atoms with Crippen LogP contribution >= 0.6 is 0 Å². The minimum absolute atomic E-state index is 0.0539. The van der Waals surface area contributed by atoms with Gasteiger partial charge in [-0.15, -0.1) is 0 Å². The van der Waals surface area contributed by atoms with Crippen LogP contribution in [0.3, 0.4) is 0 Å². The Morgan fingerprint density at radius 3 is 2.59 bits per heavy atom. The summed E-state index contributed by atoms with van der Waals surface area (Å²) in [6, 6.07) is 5.90. The van der Waals surface area contributed by atoms with Crippen molar-refractivity contribution in [1.82, 2.24) is 15.0 Å². The number of aryl methyl sites for hydroxylation is 1. The molecular weight excluding hydrogens is 348 g/mol. The van der Waals surface area contributed by atoms with Crippen molar-refractivity contribution in [2.75, 3.05) is 32.8 Å². The largest absolute Gasteiger partial charge is 0.493 e. The van der Waals surface area contributed by atoms with Crippen LogP contribution in [-0.2, 0) is 11.3 Å². The number of hydrogen-bond acceptors (Lipinski definition) is 8. The number of fused-ring (bicyclic) bond motifs is 1. The number of hydrogen-bond donors (Lipinski definition) is 0. The Balaban J connectivity index is 2.01. The van der Waals surface area contributed by atoms with Gasteiger partial charge in [-0.2, -0.15) is 4.98 Å². The first-order valence-electron chi connectivity index (χ1n) is 8.62. The van der Waals surface area contributed by atoms with Crippen molar-refractivity contribution >= 4 is 17.0 Å². The van der Waals surface area contributed by atoms with E-state index in [1.54, 1.807) is 28.3 Å². The van der Waals surface area contributed by atoms with Gasteiger partial charge in [0.05, 0.1) is 26.9 Å². The Hall–Kier alpha value is -2.87. The van der Waals surface area contributed by atoms with Crippen LogP contribution in [0.1, 0.15) is 18.4 Å². The molecule has 3 aromatic rings. The second-order valence-electron chi connectivity index (χ2n) is 6.21. The van der Waals surface area contributed by atoms with Gasteiger partial charge in [0.25, 0.3) is 5.71 Å². The Bertz CT molecular complexity index is 912. The highest BCUT2D eigenvalue weighted by molar-refractivity contribution is 5.81. The van der Waals surface area contributed by atoms with Crippen molar-refractivity contribution in [2.24, 2.45) is 0 Å². The standard InChI is InChI=1S/C19H24N4O4/c1-12(10-24-3)23(9-14-6-7-15(25-4)16(8-14)26-5)18-17-19(21-11-20-18)27-13(2)22-17/h6-8,11-12H,9-10H2,1-5H3. The first-order chi connectivity index (χ1) is 13.1. The lowest BCUT2D eigenvalue weighted by Crippen LogP contribution is -2.36. The van der Waals surface area contributed by atoms with Crippen molar-refractivity contribution in [3.05, 3.63) is 36.0 Å². The van der Waals surface area contributed by atoms with E-state index in [1.807, 2.05) is 18.2 Å². The minimum atomic E-state index is 0.0539. The third-order valence-electron chi connectivity index (χ3n) is 4.30. The van der Waals surface area contributed by atoms with E-state index in [1.165, 1.54) is 6.33 Å². The quantitative estimate of drug-likeness (QED) is 0.597. The molecule has 144 valence electrons. The molecule has 8 nitrogen and oxygen atoms in total. The van der Waals surface area contributed by atoms with Gasteiger partial charge in [-0.05, 0) is 24.6 Å². The molecule has 0 radical (unpaired) electrons. The molecule has 0 spiro atoms. The molecule has 0 aliphatic carbocycles. The summed E-state index contributed by atoms with van der Waals surface area (Å²) in [4.78, 5) is 15.2. The molecule has 0 aliphatic rings. The highest BCUT2D eigenvalue weighted by atomic mass is 16.5. The van der Waals surface area contributed by atoms with Crippen LogP contribution in [0.2, 0.25) is 0 Å². The summed E-state index contributed by atoms with van der Waals surface area (Å²) in [6.45, 7) is 4.99. The number of rotatable bonds is 8. The average Bonchev–Trinajstić information content (AvgIpc) is 3.06. The fourth-order valence-electron chi connectivity index (χ4n) is 3.00. The smallest absolute Gasteiger partial charge is 0.252 e. The van der Waals surface area contributed by atoms with E-state index in [-0.39, 0.29) is 6.04 Å². The zero-order valence-corrected chi connectivity index (χ0v) is 16.2. The molecule has 1 aromatic carbocycles. The Morgan fingerprint density at radius 1 is 1.11 bits per heavy atom. The molecule has 0 aliphatic heterocycles. The molecule has 27 heavy (non-hydrogen) atoms. The van der Waals surface area contributed by atoms with Crippen LogP contribution in [0.5, 0.6) is 11.5 Å². The maximum atomic E-state index is 5.56. The lowest BCUT2D eigenvalue weighted by molar-refractivity contribution is 0.181. The van der Waals surface area contributed by atoms with E-state index in [4.69, 9.17) is 18.6 Å². The van der Waals surface area contributed by atoms with Gasteiger partial charge in [-0.3, -0.25) is 0 Å². The van der Waals surface area contributed by atoms with Gasteiger partial charge in [0.1, 0.15) is 6.33 Å². The molecule has 3 rings (SSSR count). The van der Waals surface area contributed by atoms with Crippen LogP contribution in [0.15, 0.2) is 28.9 Å². The van der Waals surface area contributed by atoms with Crippen LogP contribution in [-0.4, -0.2) is 48.9 Å². The fraction of sp³-hybridized carbons (Fsp3) is 0.421. The van der Waals surface area contributed by atoms with Gasteiger partial charge in [0, 0.05) is 20.6 Å². The summed E-state index contributed by atoms with van der Waals surface area (Å²) in [6.07, 6.45) is 1.49. The van der Waals surface area contributed by atoms with Crippen molar-refractivity contribution in [3.8, 4) is 11.5 Å². The summed E-state index contributed by atoms with van der Waals surface area (Å²) in [5.41, 5.74) is 2.15. The summed E-state index contributed by atoms with van der Waals surface area (Å²) < 4.78 is 21.7. The summed E-state index contributed by atoms with van der Waals surface area (Å²) in [5, 5.41) is 0. The van der Waals surface area contributed by atoms with Gasteiger partial charge < -0.3 is 23.5 Å². The number of oxazole rings is 1. The van der Waals surface area contributed by atoms with E-state index >= 15 is 0 Å². The highest BCUT2D eigenvalue weighted by Gasteiger charge is 2.22. The normalized spacial score (nSPS) is 12.2. The molecule has 0 bridgehead atoms. The van der Waals surface area contributed by atoms with E-state index < -0.39 is 0 Å². The third-order valence-corrected chi connectivity index (χ3v) is 4.30. The molecule has 2 aromatic heterocycles. The predicted octanol–water partition coefficient (Wildman–Crippen LogP) is 2.98. The summed E-state index contributed by atoms with van der Waals surface area (Å²) in [7, 11) is 4.93. The van der Waals surface area contributed by atoms with Crippen molar-refractivity contribution in [3.63, 3.8) is 0 Å². The molecule has 0 saturated carbocycles. The SMILES string of the molecule is COCC(C)N(Cc1ccc(OC)c(OC)c1)c1ncnc2oc(C)nc12. The molecule has 0 N–H and O–H groups in total. The topological polar surface area (TPSA) is 82.7 Å². The number of nitrogens with zero attached hydrogens (tertiary/aromatic N) is 4. The van der Waals surface area contributed by atoms with Gasteiger partial charge in [0.2, 0.25) is 0 Å². The third kappa shape index (κ3) is 3.95. The monoisotopic (exact) mass is 372 g/mol. The number of ether oxygens (including phenoxy) is 3. The molecule has 0 amide bonds. The van der Waals surface area contributed by atoms with Crippen LogP contribution in [0.25, 0.3) is 11.2 Å². The van der Waals surface area contributed by atoms with Crippen LogP contribution in [0.4, 0.5) is 5.82 Å². The van der Waals surface area contributed by atoms with Gasteiger partial charge in [0.15, 0.2) is 28.7 Å². The molecule has 0 fully saturated rings. The second-order valence-corrected chi connectivity index (χ2v) is 6.21. The lowest BCUT2D eigenvalue weighted by atomic mass is 10.1. The van der Waals surface area contributed by atoms with E-state index in [9.17, 15) is 0 Å². The summed E-state index contributed by atoms with van der Waals surface area (Å²) in [5.74, 6) is 2.63. The lowest BCUT2D eigenvalue weighted by Gasteiger charge is -2.30. The van der Waals surface area contributed by atoms with E-state index in [2.05, 4.69) is 26.8 Å². The average molecular weight is 372 g/mol.